The van der Waals surface area contributed by atoms with Crippen molar-refractivity contribution in [3.63, 3.8) is 0 Å². The molecule has 0 aliphatic carbocycles. The second-order valence-corrected chi connectivity index (χ2v) is 5.50. The van der Waals surface area contributed by atoms with Crippen LogP contribution in [-0.4, -0.2) is 13.0 Å². The van der Waals surface area contributed by atoms with E-state index in [2.05, 4.69) is 0 Å². The van der Waals surface area contributed by atoms with Crippen molar-refractivity contribution in [3.05, 3.63) is 70.7 Å². The van der Waals surface area contributed by atoms with Gasteiger partial charge >= 0.3 is 58.4 Å². The normalized spacial score (nSPS) is 12.5. The molecule has 2 aromatic carbocycles. The van der Waals surface area contributed by atoms with E-state index in [0.29, 0.717) is 17.0 Å². The molecule has 2 rings (SSSR count). The molecule has 0 spiro atoms. The Kier molecular flexibility index (Phi) is 9.45. The summed E-state index contributed by atoms with van der Waals surface area (Å²) in [6.45, 7) is -5.20. The summed E-state index contributed by atoms with van der Waals surface area (Å²) in [5, 5.41) is 0.416. The van der Waals surface area contributed by atoms with Crippen LogP contribution in [0, 0.1) is 0 Å². The molecule has 1 atom stereocenters. The largest absolute Gasteiger partial charge is 1.00 e. The maximum Gasteiger partial charge on any atom is 1.00 e. The van der Waals surface area contributed by atoms with Gasteiger partial charge in [-0.25, -0.2) is 0 Å². The van der Waals surface area contributed by atoms with Crippen molar-refractivity contribution in [3.8, 4) is 0 Å². The van der Waals surface area contributed by atoms with Crippen molar-refractivity contribution in [2.24, 2.45) is 0 Å². The van der Waals surface area contributed by atoms with Crippen LogP contribution in [0.5, 0.6) is 0 Å². The topological polar surface area (TPSA) is 9.23 Å². The van der Waals surface area contributed by atoms with Crippen LogP contribution in [0.25, 0.3) is 0 Å². The summed E-state index contributed by atoms with van der Waals surface area (Å²) >= 11 is 5.94. The van der Waals surface area contributed by atoms with Crippen LogP contribution in [0.2, 0.25) is 5.02 Å². The maximum atomic E-state index is 13.1. The third kappa shape index (κ3) is 7.30. The Hall–Kier alpha value is 0.181. The van der Waals surface area contributed by atoms with E-state index in [0.717, 1.165) is 5.56 Å². The van der Waals surface area contributed by atoms with Gasteiger partial charge in [-0.3, -0.25) is 0 Å². The van der Waals surface area contributed by atoms with Gasteiger partial charge in [0, 0.05) is 11.0 Å². The van der Waals surface area contributed by atoms with Gasteiger partial charge in [-0.05, 0) is 30.0 Å². The van der Waals surface area contributed by atoms with Gasteiger partial charge in [0.05, 0.1) is 6.61 Å². The summed E-state index contributed by atoms with van der Waals surface area (Å²) in [7, 11) is 0. The molecule has 0 radical (unpaired) electrons. The van der Waals surface area contributed by atoms with E-state index >= 15 is 0 Å². The number of halogens is 4. The standard InChI is InChI=1S/C16H16BClF3O.K/c18-15-9-5-4-8-14(15)12-22-16(17(19,20)21)11-10-13-6-2-1-3-7-13;/h1-9,16H,10-12H2;/q-1;+1. The van der Waals surface area contributed by atoms with Crippen LogP contribution in [0.3, 0.4) is 0 Å². The molecule has 0 fully saturated rings. The first-order valence-electron chi connectivity index (χ1n) is 7.05. The summed E-state index contributed by atoms with van der Waals surface area (Å²) in [4.78, 5) is 0. The van der Waals surface area contributed by atoms with E-state index in [1.807, 2.05) is 30.3 Å². The second-order valence-electron chi connectivity index (χ2n) is 5.09. The predicted molar refractivity (Wildman–Crippen MR) is 83.9 cm³/mol. The molecule has 0 N–H and O–H groups in total. The van der Waals surface area contributed by atoms with E-state index in [1.54, 1.807) is 24.3 Å². The molecule has 1 nitrogen and oxygen atoms in total. The number of aryl methyl sites for hydroxylation is 1. The van der Waals surface area contributed by atoms with Crippen LogP contribution in [0.4, 0.5) is 12.9 Å². The molecule has 0 heterocycles. The third-order valence-corrected chi connectivity index (χ3v) is 3.76. The molecule has 0 bridgehead atoms. The molecule has 0 aliphatic rings. The van der Waals surface area contributed by atoms with E-state index < -0.39 is 13.0 Å². The van der Waals surface area contributed by atoms with Crippen LogP contribution in [0.15, 0.2) is 54.6 Å². The minimum absolute atomic E-state index is 0. The van der Waals surface area contributed by atoms with E-state index in [9.17, 15) is 12.9 Å². The van der Waals surface area contributed by atoms with Gasteiger partial charge in [0.1, 0.15) is 0 Å². The molecule has 1 unspecified atom stereocenters. The van der Waals surface area contributed by atoms with Gasteiger partial charge in [0.15, 0.2) is 0 Å². The predicted octanol–water partition coefficient (Wildman–Crippen LogP) is 2.25. The molecule has 0 aliphatic heterocycles. The van der Waals surface area contributed by atoms with Gasteiger partial charge in [0.2, 0.25) is 0 Å². The van der Waals surface area contributed by atoms with Crippen LogP contribution >= 0.6 is 11.6 Å². The average molecular weight is 367 g/mol. The van der Waals surface area contributed by atoms with Gasteiger partial charge in [-0.2, -0.15) is 0 Å². The SMILES string of the molecule is F[B-](F)(F)C(CCc1ccccc1)OCc1ccccc1Cl.[K+]. The average Bonchev–Trinajstić information content (AvgIpc) is 2.48. The van der Waals surface area contributed by atoms with Crippen LogP contribution in [-0.2, 0) is 17.8 Å². The van der Waals surface area contributed by atoms with E-state index in [1.165, 1.54) is 0 Å². The van der Waals surface area contributed by atoms with E-state index in [4.69, 9.17) is 16.3 Å². The van der Waals surface area contributed by atoms with Crippen molar-refractivity contribution in [2.75, 3.05) is 0 Å². The zero-order valence-corrected chi connectivity index (χ0v) is 16.8. The fourth-order valence-corrected chi connectivity index (χ4v) is 2.34. The molecular weight excluding hydrogens is 351 g/mol. The number of hydrogen-bond acceptors (Lipinski definition) is 1. The Morgan fingerprint density at radius 3 is 2.17 bits per heavy atom. The smallest absolute Gasteiger partial charge is 0.447 e. The maximum absolute atomic E-state index is 13.1. The minimum Gasteiger partial charge on any atom is -0.447 e. The second kappa shape index (κ2) is 10.2. The first kappa shape index (κ1) is 21.2. The third-order valence-electron chi connectivity index (χ3n) is 3.39. The van der Waals surface area contributed by atoms with Gasteiger partial charge in [0.25, 0.3) is 0 Å². The molecular formula is C16H16BClF3KO. The molecule has 23 heavy (non-hydrogen) atoms. The molecule has 2 aromatic rings. The molecule has 0 saturated heterocycles. The van der Waals surface area contributed by atoms with E-state index in [-0.39, 0.29) is 64.4 Å². The molecule has 0 amide bonds. The molecule has 7 heteroatoms. The van der Waals surface area contributed by atoms with Crippen molar-refractivity contribution >= 4 is 18.6 Å². The zero-order valence-electron chi connectivity index (χ0n) is 12.9. The van der Waals surface area contributed by atoms with Gasteiger partial charge < -0.3 is 17.7 Å². The van der Waals surface area contributed by atoms with Crippen molar-refractivity contribution < 1.29 is 69.1 Å². The number of rotatable bonds is 7. The summed E-state index contributed by atoms with van der Waals surface area (Å²) in [5.74, 6) is 0. The summed E-state index contributed by atoms with van der Waals surface area (Å²) in [6, 6.07) is 14.1. The monoisotopic (exact) mass is 366 g/mol. The number of ether oxygens (including phenoxy) is 1. The fraction of sp³-hybridized carbons (Fsp3) is 0.250. The quantitative estimate of drug-likeness (QED) is 0.683. The fourth-order valence-electron chi connectivity index (χ4n) is 2.15. The van der Waals surface area contributed by atoms with Gasteiger partial charge in [-0.1, -0.05) is 60.1 Å². The summed E-state index contributed by atoms with van der Waals surface area (Å²) < 4.78 is 44.5. The zero-order chi connectivity index (χ0) is 16.0. The van der Waals surface area contributed by atoms with Crippen molar-refractivity contribution in [1.29, 1.82) is 0 Å². The molecule has 0 aromatic heterocycles. The number of benzene rings is 2. The van der Waals surface area contributed by atoms with Crippen molar-refractivity contribution in [2.45, 2.75) is 25.5 Å². The minimum atomic E-state index is -5.06. The molecule has 0 saturated carbocycles. The summed E-state index contributed by atoms with van der Waals surface area (Å²) in [5.41, 5.74) is 1.43. The molecule has 118 valence electrons. The van der Waals surface area contributed by atoms with Gasteiger partial charge in [-0.15, -0.1) is 0 Å². The van der Waals surface area contributed by atoms with Crippen LogP contribution < -0.4 is 51.4 Å². The van der Waals surface area contributed by atoms with Crippen LogP contribution in [0.1, 0.15) is 17.5 Å². The Balaban J connectivity index is 0.00000264. The Bertz CT molecular complexity index is 595. The van der Waals surface area contributed by atoms with Crippen molar-refractivity contribution in [1.82, 2.24) is 0 Å². The first-order valence-corrected chi connectivity index (χ1v) is 7.43. The number of hydrogen-bond donors (Lipinski definition) is 0. The Labute approximate surface area is 182 Å². The first-order chi connectivity index (χ1) is 10.5. The summed E-state index contributed by atoms with van der Waals surface area (Å²) in [6.07, 6.45) is 0.243. The Morgan fingerprint density at radius 2 is 1.57 bits per heavy atom. The Morgan fingerprint density at radius 1 is 0.957 bits per heavy atom.